The van der Waals surface area contributed by atoms with E-state index >= 15 is 0 Å². The lowest BCUT2D eigenvalue weighted by molar-refractivity contribution is -0.117. The fraction of sp³-hybridized carbons (Fsp3) is 0.263. The Labute approximate surface area is 170 Å². The first-order valence-corrected chi connectivity index (χ1v) is 11.2. The number of carbonyl (C=O) groups is 1. The van der Waals surface area contributed by atoms with Gasteiger partial charge >= 0.3 is 0 Å². The van der Waals surface area contributed by atoms with E-state index in [9.17, 15) is 22.0 Å². The minimum Gasteiger partial charge on any atom is -0.383 e. The Morgan fingerprint density at radius 1 is 1.21 bits per heavy atom. The third-order valence-electron chi connectivity index (χ3n) is 4.14. The van der Waals surface area contributed by atoms with Gasteiger partial charge in [0.2, 0.25) is 0 Å². The molecule has 0 spiro atoms. The average Bonchev–Trinajstić information content (AvgIpc) is 2.96. The summed E-state index contributed by atoms with van der Waals surface area (Å²) >= 11 is 1.01. The van der Waals surface area contributed by atoms with E-state index in [0.29, 0.717) is 10.3 Å². The second-order valence-electron chi connectivity index (χ2n) is 6.36. The van der Waals surface area contributed by atoms with Crippen molar-refractivity contribution in [3.05, 3.63) is 58.4 Å². The zero-order valence-electron chi connectivity index (χ0n) is 15.7. The predicted octanol–water partition coefficient (Wildman–Crippen LogP) is 2.70. The van der Waals surface area contributed by atoms with Crippen molar-refractivity contribution >= 4 is 37.3 Å². The highest BCUT2D eigenvalue weighted by Crippen LogP contribution is 2.22. The van der Waals surface area contributed by atoms with Gasteiger partial charge in [-0.1, -0.05) is 23.5 Å². The van der Waals surface area contributed by atoms with Crippen molar-refractivity contribution in [2.24, 2.45) is 4.99 Å². The number of thiazole rings is 1. The first kappa shape index (κ1) is 21.3. The topological polar surface area (TPSA) is 77.7 Å². The molecule has 0 fully saturated rings. The van der Waals surface area contributed by atoms with Gasteiger partial charge in [0.05, 0.1) is 28.1 Å². The zero-order chi connectivity index (χ0) is 21.2. The summed E-state index contributed by atoms with van der Waals surface area (Å²) in [6.45, 7) is 0.505. The molecular formula is C19H18F2N2O4S2. The fourth-order valence-corrected chi connectivity index (χ4v) is 4.52. The zero-order valence-corrected chi connectivity index (χ0v) is 17.3. The van der Waals surface area contributed by atoms with Crippen molar-refractivity contribution in [2.45, 2.75) is 17.9 Å². The molecule has 1 aromatic heterocycles. The van der Waals surface area contributed by atoms with E-state index in [1.165, 1.54) is 29.9 Å². The number of carbonyl (C=O) groups excluding carboxylic acids is 1. The van der Waals surface area contributed by atoms with Gasteiger partial charge in [-0.25, -0.2) is 17.2 Å². The minimum atomic E-state index is -3.32. The molecule has 29 heavy (non-hydrogen) atoms. The van der Waals surface area contributed by atoms with E-state index in [-0.39, 0.29) is 34.8 Å². The number of ether oxygens (including phenoxy) is 1. The molecule has 0 atom stereocenters. The van der Waals surface area contributed by atoms with Crippen LogP contribution in [0.2, 0.25) is 0 Å². The Morgan fingerprint density at radius 3 is 2.52 bits per heavy atom. The van der Waals surface area contributed by atoms with E-state index in [4.69, 9.17) is 4.74 Å². The number of hydrogen-bond acceptors (Lipinski definition) is 5. The molecule has 0 aliphatic rings. The van der Waals surface area contributed by atoms with Gasteiger partial charge in [-0.2, -0.15) is 4.99 Å². The van der Waals surface area contributed by atoms with Crippen molar-refractivity contribution in [2.75, 3.05) is 20.0 Å². The van der Waals surface area contributed by atoms with Crippen LogP contribution in [0.1, 0.15) is 5.56 Å². The SMILES string of the molecule is COCCn1c(=NC(=O)Cc2ccc(S(C)(=O)=O)cc2)sc2cc(F)cc(F)c21. The number of benzene rings is 2. The smallest absolute Gasteiger partial charge is 0.252 e. The molecule has 6 nitrogen and oxygen atoms in total. The third kappa shape index (κ3) is 4.95. The Balaban J connectivity index is 1.96. The molecule has 0 N–H and O–H groups in total. The molecule has 3 rings (SSSR count). The van der Waals surface area contributed by atoms with E-state index in [1.54, 1.807) is 12.1 Å². The summed E-state index contributed by atoms with van der Waals surface area (Å²) in [6.07, 6.45) is 1.05. The molecule has 0 aliphatic heterocycles. The monoisotopic (exact) mass is 440 g/mol. The largest absolute Gasteiger partial charge is 0.383 e. The van der Waals surface area contributed by atoms with Crippen LogP contribution in [0.4, 0.5) is 8.78 Å². The standard InChI is InChI=1S/C19H18F2N2O4S2/c1-27-8-7-23-18-15(21)10-13(20)11-16(18)28-19(23)22-17(24)9-12-3-5-14(6-4-12)29(2,25)26/h3-6,10-11H,7-9H2,1-2H3. The van der Waals surface area contributed by atoms with Crippen LogP contribution in [0.15, 0.2) is 46.3 Å². The summed E-state index contributed by atoms with van der Waals surface area (Å²) in [5, 5.41) is 0. The lowest BCUT2D eigenvalue weighted by Crippen LogP contribution is -2.20. The highest BCUT2D eigenvalue weighted by molar-refractivity contribution is 7.90. The molecular weight excluding hydrogens is 422 g/mol. The van der Waals surface area contributed by atoms with Crippen molar-refractivity contribution in [3.8, 4) is 0 Å². The van der Waals surface area contributed by atoms with Crippen molar-refractivity contribution < 1.29 is 26.7 Å². The summed E-state index contributed by atoms with van der Waals surface area (Å²) in [4.78, 5) is 16.9. The first-order valence-electron chi connectivity index (χ1n) is 8.53. The second-order valence-corrected chi connectivity index (χ2v) is 9.39. The molecule has 3 aromatic rings. The molecule has 0 bridgehead atoms. The molecule has 2 aromatic carbocycles. The molecule has 0 saturated heterocycles. The van der Waals surface area contributed by atoms with Crippen LogP contribution in [-0.2, 0) is 32.3 Å². The summed E-state index contributed by atoms with van der Waals surface area (Å²) in [5.74, 6) is -1.94. The van der Waals surface area contributed by atoms with Gasteiger partial charge in [0.1, 0.15) is 5.82 Å². The van der Waals surface area contributed by atoms with Crippen molar-refractivity contribution in [1.82, 2.24) is 4.57 Å². The number of methoxy groups -OCH3 is 1. The summed E-state index contributed by atoms with van der Waals surface area (Å²) in [7, 11) is -1.83. The van der Waals surface area contributed by atoms with Crippen LogP contribution in [-0.4, -0.2) is 38.9 Å². The molecule has 0 aliphatic carbocycles. The number of hydrogen-bond donors (Lipinski definition) is 0. The van der Waals surface area contributed by atoms with Crippen LogP contribution in [0.5, 0.6) is 0 Å². The molecule has 10 heteroatoms. The van der Waals surface area contributed by atoms with Crippen LogP contribution >= 0.6 is 11.3 Å². The van der Waals surface area contributed by atoms with Gasteiger partial charge in [0.25, 0.3) is 5.91 Å². The van der Waals surface area contributed by atoms with Gasteiger partial charge in [-0.05, 0) is 23.8 Å². The van der Waals surface area contributed by atoms with Crippen LogP contribution in [0.3, 0.4) is 0 Å². The predicted molar refractivity (Wildman–Crippen MR) is 105 cm³/mol. The van der Waals surface area contributed by atoms with Gasteiger partial charge in [-0.3, -0.25) is 4.79 Å². The maximum atomic E-state index is 14.3. The number of rotatable bonds is 6. The number of halogens is 2. The van der Waals surface area contributed by atoms with Crippen molar-refractivity contribution in [1.29, 1.82) is 0 Å². The molecule has 0 radical (unpaired) electrons. The highest BCUT2D eigenvalue weighted by atomic mass is 32.2. The van der Waals surface area contributed by atoms with E-state index in [0.717, 1.165) is 23.7 Å². The number of fused-ring (bicyclic) bond motifs is 1. The van der Waals surface area contributed by atoms with E-state index < -0.39 is 27.4 Å². The number of aromatic nitrogens is 1. The maximum absolute atomic E-state index is 14.3. The minimum absolute atomic E-state index is 0.0561. The lowest BCUT2D eigenvalue weighted by atomic mass is 10.1. The number of amides is 1. The summed E-state index contributed by atoms with van der Waals surface area (Å²) < 4.78 is 57.7. The Bertz CT molecular complexity index is 1230. The van der Waals surface area contributed by atoms with Crippen LogP contribution in [0.25, 0.3) is 10.2 Å². The summed E-state index contributed by atoms with van der Waals surface area (Å²) in [5.41, 5.74) is 0.755. The molecule has 0 saturated carbocycles. The van der Waals surface area contributed by atoms with E-state index in [1.807, 2.05) is 0 Å². The fourth-order valence-electron chi connectivity index (χ4n) is 2.78. The number of nitrogens with zero attached hydrogens (tertiary/aromatic N) is 2. The first-order chi connectivity index (χ1) is 13.7. The molecule has 1 heterocycles. The highest BCUT2D eigenvalue weighted by Gasteiger charge is 2.14. The van der Waals surface area contributed by atoms with Crippen molar-refractivity contribution in [3.63, 3.8) is 0 Å². The lowest BCUT2D eigenvalue weighted by Gasteiger charge is -2.05. The van der Waals surface area contributed by atoms with Gasteiger partial charge in [0.15, 0.2) is 20.5 Å². The number of sulfone groups is 1. The quantitative estimate of drug-likeness (QED) is 0.591. The average molecular weight is 440 g/mol. The van der Waals surface area contributed by atoms with Crippen LogP contribution in [0, 0.1) is 11.6 Å². The van der Waals surface area contributed by atoms with Crippen LogP contribution < -0.4 is 4.80 Å². The van der Waals surface area contributed by atoms with Gasteiger partial charge in [0, 0.05) is 26.0 Å². The van der Waals surface area contributed by atoms with Gasteiger partial charge < -0.3 is 9.30 Å². The van der Waals surface area contributed by atoms with E-state index in [2.05, 4.69) is 4.99 Å². The normalized spacial score (nSPS) is 12.6. The molecule has 0 unspecified atom stereocenters. The Morgan fingerprint density at radius 2 is 1.90 bits per heavy atom. The molecule has 1 amide bonds. The Kier molecular flexibility index (Phi) is 6.25. The second kappa shape index (κ2) is 8.52. The third-order valence-corrected chi connectivity index (χ3v) is 6.30. The summed E-state index contributed by atoms with van der Waals surface area (Å²) in [6, 6.07) is 7.92. The maximum Gasteiger partial charge on any atom is 0.252 e. The van der Waals surface area contributed by atoms with Gasteiger partial charge in [-0.15, -0.1) is 0 Å². The Hall–Kier alpha value is -2.43. The molecule has 154 valence electrons.